The number of aromatic hydroxyl groups is 1. The SMILES string of the molecule is Cc1cccc([C@H]2C3=CC[C@@H]4C(=O)N(c5ccc(I)cc5)C(=O)[C@@H]4[C@@H]3C[C@H]3C(=O)C(c4ccccc4)=CC(=O)[C@@]23c2ccccc2)c1O. The predicted octanol–water partition coefficient (Wildman–Crippen LogP) is 7.33. The van der Waals surface area contributed by atoms with Gasteiger partial charge in [0.2, 0.25) is 11.8 Å². The van der Waals surface area contributed by atoms with E-state index in [0.717, 1.165) is 9.14 Å². The van der Waals surface area contributed by atoms with Crippen molar-refractivity contribution in [1.82, 2.24) is 0 Å². The highest BCUT2D eigenvalue weighted by molar-refractivity contribution is 14.1. The summed E-state index contributed by atoms with van der Waals surface area (Å²) in [5.41, 5.74) is 2.88. The number of para-hydroxylation sites is 1. The van der Waals surface area contributed by atoms with Gasteiger partial charge in [-0.1, -0.05) is 90.5 Å². The minimum absolute atomic E-state index is 0.0626. The van der Waals surface area contributed by atoms with E-state index in [1.807, 2.05) is 104 Å². The van der Waals surface area contributed by atoms with Crippen LogP contribution < -0.4 is 4.90 Å². The van der Waals surface area contributed by atoms with Crippen molar-refractivity contribution in [2.45, 2.75) is 31.1 Å². The van der Waals surface area contributed by atoms with Crippen LogP contribution in [0.1, 0.15) is 41.0 Å². The van der Waals surface area contributed by atoms with E-state index in [4.69, 9.17) is 0 Å². The highest BCUT2D eigenvalue weighted by Crippen LogP contribution is 2.64. The van der Waals surface area contributed by atoms with Gasteiger partial charge in [0.1, 0.15) is 5.75 Å². The van der Waals surface area contributed by atoms with Gasteiger partial charge >= 0.3 is 0 Å². The van der Waals surface area contributed by atoms with E-state index < -0.39 is 35.0 Å². The number of allylic oxidation sites excluding steroid dienone is 4. The molecule has 1 saturated carbocycles. The number of phenols is 1. The number of phenolic OH excluding ortho intramolecular Hbond substituents is 1. The van der Waals surface area contributed by atoms with Gasteiger partial charge < -0.3 is 5.11 Å². The van der Waals surface area contributed by atoms with E-state index in [0.29, 0.717) is 39.9 Å². The molecule has 3 aliphatic carbocycles. The zero-order valence-corrected chi connectivity index (χ0v) is 28.3. The van der Waals surface area contributed by atoms with Gasteiger partial charge in [0, 0.05) is 26.5 Å². The maximum Gasteiger partial charge on any atom is 0.238 e. The number of aryl methyl sites for hydroxylation is 1. The average Bonchev–Trinajstić information content (AvgIpc) is 3.37. The smallest absolute Gasteiger partial charge is 0.238 e. The lowest BCUT2D eigenvalue weighted by Gasteiger charge is -2.55. The van der Waals surface area contributed by atoms with E-state index in [1.54, 1.807) is 12.1 Å². The lowest BCUT2D eigenvalue weighted by molar-refractivity contribution is -0.135. The summed E-state index contributed by atoms with van der Waals surface area (Å²) in [6, 6.07) is 31.5. The molecule has 0 spiro atoms. The fourth-order valence-electron chi connectivity index (χ4n) is 8.98. The number of hydrogen-bond acceptors (Lipinski definition) is 5. The third-order valence-corrected chi connectivity index (χ3v) is 11.8. The number of nitrogens with zero attached hydrogens (tertiary/aromatic N) is 1. The quantitative estimate of drug-likeness (QED) is 0.134. The molecule has 0 unspecified atom stereocenters. The summed E-state index contributed by atoms with van der Waals surface area (Å²) < 4.78 is 0.991. The zero-order valence-electron chi connectivity index (χ0n) is 26.2. The molecule has 0 bridgehead atoms. The minimum Gasteiger partial charge on any atom is -0.507 e. The van der Waals surface area contributed by atoms with E-state index >= 15 is 4.79 Å². The highest BCUT2D eigenvalue weighted by atomic mass is 127. The molecule has 1 saturated heterocycles. The van der Waals surface area contributed by atoms with Crippen molar-refractivity contribution >= 4 is 57.2 Å². The van der Waals surface area contributed by atoms with Crippen molar-refractivity contribution in [2.75, 3.05) is 4.90 Å². The molecule has 48 heavy (non-hydrogen) atoms. The molecule has 2 fully saturated rings. The molecule has 1 N–H and O–H groups in total. The average molecular weight is 746 g/mol. The molecular weight excluding hydrogens is 713 g/mol. The fourth-order valence-corrected chi connectivity index (χ4v) is 9.34. The molecule has 1 heterocycles. The summed E-state index contributed by atoms with van der Waals surface area (Å²) in [6.07, 6.45) is 4.07. The van der Waals surface area contributed by atoms with Crippen LogP contribution in [0.15, 0.2) is 121 Å². The lowest BCUT2D eigenvalue weighted by Crippen LogP contribution is -2.58. The Labute approximate surface area is 292 Å². The Kier molecular flexibility index (Phi) is 7.36. The van der Waals surface area contributed by atoms with Crippen molar-refractivity contribution in [3.8, 4) is 5.75 Å². The van der Waals surface area contributed by atoms with Crippen LogP contribution in [0.3, 0.4) is 0 Å². The third kappa shape index (κ3) is 4.36. The van der Waals surface area contributed by atoms with Crippen molar-refractivity contribution in [3.05, 3.63) is 147 Å². The summed E-state index contributed by atoms with van der Waals surface area (Å²) in [4.78, 5) is 59.8. The molecule has 4 aliphatic rings. The summed E-state index contributed by atoms with van der Waals surface area (Å²) in [6.45, 7) is 1.82. The Balaban J connectivity index is 1.37. The van der Waals surface area contributed by atoms with Gasteiger partial charge in [-0.15, -0.1) is 0 Å². The van der Waals surface area contributed by atoms with Gasteiger partial charge in [-0.25, -0.2) is 0 Å². The van der Waals surface area contributed by atoms with Crippen LogP contribution in [0.2, 0.25) is 0 Å². The van der Waals surface area contributed by atoms with E-state index in [9.17, 15) is 19.5 Å². The summed E-state index contributed by atoms with van der Waals surface area (Å²) >= 11 is 2.19. The van der Waals surface area contributed by atoms with Gasteiger partial charge in [-0.2, -0.15) is 0 Å². The number of amides is 2. The Morgan fingerprint density at radius 3 is 2.19 bits per heavy atom. The third-order valence-electron chi connectivity index (χ3n) is 11.0. The number of fused-ring (bicyclic) bond motifs is 4. The number of imide groups is 1. The molecule has 6 atom stereocenters. The van der Waals surface area contributed by atoms with Crippen LogP contribution in [-0.2, 0) is 24.6 Å². The number of carbonyl (C=O) groups excluding carboxylic acids is 4. The molecule has 4 aromatic rings. The second-order valence-corrected chi connectivity index (χ2v) is 14.5. The Hall–Kier alpha value is -4.63. The molecule has 0 radical (unpaired) electrons. The van der Waals surface area contributed by atoms with Gasteiger partial charge in [-0.3, -0.25) is 24.1 Å². The Bertz CT molecular complexity index is 2070. The van der Waals surface area contributed by atoms with E-state index in [2.05, 4.69) is 22.6 Å². The second-order valence-electron chi connectivity index (χ2n) is 13.3. The maximum absolute atomic E-state index is 15.1. The van der Waals surface area contributed by atoms with Crippen LogP contribution in [0.4, 0.5) is 5.69 Å². The minimum atomic E-state index is -1.38. The molecule has 4 aromatic carbocycles. The van der Waals surface area contributed by atoms with Crippen LogP contribution in [0, 0.1) is 34.2 Å². The van der Waals surface area contributed by atoms with Crippen molar-refractivity contribution < 1.29 is 24.3 Å². The molecule has 0 aromatic heterocycles. The predicted molar refractivity (Wildman–Crippen MR) is 191 cm³/mol. The first kappa shape index (κ1) is 30.7. The maximum atomic E-state index is 15.1. The number of halogens is 1. The number of rotatable bonds is 4. The van der Waals surface area contributed by atoms with Gasteiger partial charge in [0.15, 0.2) is 11.6 Å². The van der Waals surface area contributed by atoms with E-state index in [-0.39, 0.29) is 35.6 Å². The Morgan fingerprint density at radius 1 is 0.792 bits per heavy atom. The number of ketones is 2. The number of anilines is 1. The number of Topliss-reactive ketones (excluding diaryl/α,β-unsaturated/α-hetero) is 1. The first-order valence-corrected chi connectivity index (χ1v) is 17.3. The number of carbonyl (C=O) groups is 4. The Morgan fingerprint density at radius 2 is 1.48 bits per heavy atom. The number of hydrogen-bond donors (Lipinski definition) is 1. The second kappa shape index (κ2) is 11.5. The largest absolute Gasteiger partial charge is 0.507 e. The summed E-state index contributed by atoms with van der Waals surface area (Å²) in [5, 5.41) is 11.7. The zero-order chi connectivity index (χ0) is 33.3. The fraction of sp³-hybridized carbons (Fsp3) is 0.220. The van der Waals surface area contributed by atoms with Crippen LogP contribution in [0.5, 0.6) is 5.75 Å². The highest BCUT2D eigenvalue weighted by Gasteiger charge is 2.66. The summed E-state index contributed by atoms with van der Waals surface area (Å²) in [5.74, 6) is -4.22. The molecule has 238 valence electrons. The lowest BCUT2D eigenvalue weighted by atomic mass is 9.44. The van der Waals surface area contributed by atoms with Crippen molar-refractivity contribution in [1.29, 1.82) is 0 Å². The molecule has 6 nitrogen and oxygen atoms in total. The monoisotopic (exact) mass is 745 g/mol. The topological polar surface area (TPSA) is 91.8 Å². The normalized spacial score (nSPS) is 28.0. The standard InChI is InChI=1S/C41H32INO5/c1-23-9-8-14-30(37(23)45)36-28-19-20-29-35(40(48)43(39(29)47)27-17-15-26(42)16-18-27)32(28)21-33-38(46)31(24-10-4-2-5-11-24)22-34(44)41(33,36)25-12-6-3-7-13-25/h2-19,22,29,32-33,35-36,45H,20-21H2,1H3/t29-,32+,33-,35-,36+,41-/m0/s1. The molecule has 1 aliphatic heterocycles. The first-order valence-electron chi connectivity index (χ1n) is 16.3. The van der Waals surface area contributed by atoms with Crippen LogP contribution in [0.25, 0.3) is 5.57 Å². The molecule has 2 amide bonds. The van der Waals surface area contributed by atoms with Crippen molar-refractivity contribution in [3.63, 3.8) is 0 Å². The van der Waals surface area contributed by atoms with E-state index in [1.165, 1.54) is 11.0 Å². The first-order chi connectivity index (χ1) is 23.2. The van der Waals surface area contributed by atoms with Crippen LogP contribution >= 0.6 is 22.6 Å². The van der Waals surface area contributed by atoms with Crippen LogP contribution in [-0.4, -0.2) is 28.5 Å². The van der Waals surface area contributed by atoms with Gasteiger partial charge in [0.25, 0.3) is 0 Å². The summed E-state index contributed by atoms with van der Waals surface area (Å²) in [7, 11) is 0. The van der Waals surface area contributed by atoms with Gasteiger partial charge in [0.05, 0.1) is 22.9 Å². The molecule has 7 heteroatoms. The molecule has 8 rings (SSSR count). The molecular formula is C41H32INO5. The number of benzene rings is 4. The van der Waals surface area contributed by atoms with Crippen molar-refractivity contribution in [2.24, 2.45) is 23.7 Å². The van der Waals surface area contributed by atoms with Gasteiger partial charge in [-0.05, 0) is 95.3 Å².